The summed E-state index contributed by atoms with van der Waals surface area (Å²) in [6.45, 7) is 1.56. The molecule has 1 amide bonds. The fourth-order valence-corrected chi connectivity index (χ4v) is 1.72. The van der Waals surface area contributed by atoms with Crippen molar-refractivity contribution in [3.05, 3.63) is 24.3 Å². The minimum absolute atomic E-state index is 0.0972. The third-order valence-electron chi connectivity index (χ3n) is 2.59. The standard InChI is InChI=1S/C12H13NO4/c1-8-12(15)13(7-11(14)16-2)9-5-3-4-6-10(9)17-8/h3-6,8H,7H2,1-2H3. The molecule has 0 N–H and O–H groups in total. The van der Waals surface area contributed by atoms with Gasteiger partial charge < -0.3 is 9.47 Å². The molecular weight excluding hydrogens is 222 g/mol. The highest BCUT2D eigenvalue weighted by Gasteiger charge is 2.32. The molecule has 0 saturated carbocycles. The van der Waals surface area contributed by atoms with Gasteiger partial charge in [0.2, 0.25) is 0 Å². The molecule has 1 atom stereocenters. The third kappa shape index (κ3) is 2.08. The van der Waals surface area contributed by atoms with Gasteiger partial charge in [-0.05, 0) is 19.1 Å². The van der Waals surface area contributed by atoms with Crippen molar-refractivity contribution < 1.29 is 19.1 Å². The van der Waals surface area contributed by atoms with Gasteiger partial charge >= 0.3 is 5.97 Å². The first-order valence-corrected chi connectivity index (χ1v) is 5.27. The topological polar surface area (TPSA) is 55.8 Å². The summed E-state index contributed by atoms with van der Waals surface area (Å²) in [5.41, 5.74) is 0.598. The highest BCUT2D eigenvalue weighted by molar-refractivity contribution is 6.02. The van der Waals surface area contributed by atoms with E-state index in [2.05, 4.69) is 4.74 Å². The molecule has 17 heavy (non-hydrogen) atoms. The molecule has 0 radical (unpaired) electrons. The number of nitrogens with zero attached hydrogens (tertiary/aromatic N) is 1. The van der Waals surface area contributed by atoms with Crippen LogP contribution >= 0.6 is 0 Å². The zero-order valence-corrected chi connectivity index (χ0v) is 9.67. The van der Waals surface area contributed by atoms with Crippen LogP contribution in [0.5, 0.6) is 5.75 Å². The number of hydrogen-bond donors (Lipinski definition) is 0. The van der Waals surface area contributed by atoms with E-state index in [1.807, 2.05) is 6.07 Å². The van der Waals surface area contributed by atoms with E-state index in [0.717, 1.165) is 0 Å². The van der Waals surface area contributed by atoms with E-state index in [-0.39, 0.29) is 12.5 Å². The number of hydrogen-bond acceptors (Lipinski definition) is 4. The maximum atomic E-state index is 11.9. The van der Waals surface area contributed by atoms with E-state index in [4.69, 9.17) is 4.74 Å². The first kappa shape index (κ1) is 11.4. The number of benzene rings is 1. The molecule has 0 fully saturated rings. The lowest BCUT2D eigenvalue weighted by Gasteiger charge is -2.32. The van der Waals surface area contributed by atoms with Gasteiger partial charge in [0, 0.05) is 0 Å². The smallest absolute Gasteiger partial charge is 0.325 e. The summed E-state index contributed by atoms with van der Waals surface area (Å²) in [6, 6.07) is 7.11. The molecule has 1 aromatic rings. The van der Waals surface area contributed by atoms with Crippen LogP contribution in [-0.4, -0.2) is 31.6 Å². The number of carbonyl (C=O) groups excluding carboxylic acids is 2. The summed E-state index contributed by atoms with van der Waals surface area (Å²) in [7, 11) is 1.29. The second-order valence-corrected chi connectivity index (χ2v) is 3.73. The Morgan fingerprint density at radius 2 is 2.18 bits per heavy atom. The van der Waals surface area contributed by atoms with Gasteiger partial charge in [0.1, 0.15) is 12.3 Å². The average Bonchev–Trinajstić information content (AvgIpc) is 2.34. The van der Waals surface area contributed by atoms with Crippen LogP contribution in [0.25, 0.3) is 0 Å². The molecule has 0 bridgehead atoms. The van der Waals surface area contributed by atoms with E-state index in [1.54, 1.807) is 25.1 Å². The summed E-state index contributed by atoms with van der Waals surface area (Å²) >= 11 is 0. The maximum Gasteiger partial charge on any atom is 0.325 e. The van der Waals surface area contributed by atoms with Crippen LogP contribution < -0.4 is 9.64 Å². The molecule has 2 rings (SSSR count). The van der Waals surface area contributed by atoms with Gasteiger partial charge in [-0.3, -0.25) is 14.5 Å². The molecule has 1 aliphatic heterocycles. The van der Waals surface area contributed by atoms with Gasteiger partial charge in [0.05, 0.1) is 12.8 Å². The first-order valence-electron chi connectivity index (χ1n) is 5.27. The number of methoxy groups -OCH3 is 1. The summed E-state index contributed by atoms with van der Waals surface area (Å²) in [5, 5.41) is 0. The van der Waals surface area contributed by atoms with Crippen LogP contribution in [0.15, 0.2) is 24.3 Å². The Morgan fingerprint density at radius 3 is 2.88 bits per heavy atom. The number of carbonyl (C=O) groups is 2. The fraction of sp³-hybridized carbons (Fsp3) is 0.333. The molecule has 1 heterocycles. The Labute approximate surface area is 98.9 Å². The Morgan fingerprint density at radius 1 is 1.47 bits per heavy atom. The lowest BCUT2D eigenvalue weighted by molar-refractivity contribution is -0.140. The zero-order chi connectivity index (χ0) is 12.4. The van der Waals surface area contributed by atoms with Crippen molar-refractivity contribution in [1.82, 2.24) is 0 Å². The van der Waals surface area contributed by atoms with Crippen LogP contribution in [0.1, 0.15) is 6.92 Å². The maximum absolute atomic E-state index is 11.9. The van der Waals surface area contributed by atoms with Gasteiger partial charge in [-0.15, -0.1) is 0 Å². The number of para-hydroxylation sites is 2. The second kappa shape index (κ2) is 4.45. The van der Waals surface area contributed by atoms with Gasteiger partial charge in [0.25, 0.3) is 5.91 Å². The molecule has 5 heteroatoms. The van der Waals surface area contributed by atoms with E-state index < -0.39 is 12.1 Å². The molecule has 0 spiro atoms. The number of ether oxygens (including phenoxy) is 2. The summed E-state index contributed by atoms with van der Waals surface area (Å²) in [5.74, 6) is -0.0974. The molecule has 0 saturated heterocycles. The van der Waals surface area contributed by atoms with Gasteiger partial charge in [0.15, 0.2) is 6.10 Å². The van der Waals surface area contributed by atoms with Crippen molar-refractivity contribution in [2.24, 2.45) is 0 Å². The Kier molecular flexibility index (Phi) is 2.99. The predicted molar refractivity (Wildman–Crippen MR) is 60.9 cm³/mol. The highest BCUT2D eigenvalue weighted by atomic mass is 16.5. The summed E-state index contributed by atoms with van der Waals surface area (Å²) < 4.78 is 10.0. The molecule has 0 aromatic heterocycles. The van der Waals surface area contributed by atoms with E-state index in [0.29, 0.717) is 11.4 Å². The quantitative estimate of drug-likeness (QED) is 0.717. The minimum Gasteiger partial charge on any atom is -0.479 e. The molecule has 5 nitrogen and oxygen atoms in total. The lowest BCUT2D eigenvalue weighted by atomic mass is 10.2. The Hall–Kier alpha value is -2.04. The molecule has 1 aliphatic rings. The van der Waals surface area contributed by atoms with Crippen molar-refractivity contribution in [3.63, 3.8) is 0 Å². The van der Waals surface area contributed by atoms with Crippen LogP contribution in [0.3, 0.4) is 0 Å². The largest absolute Gasteiger partial charge is 0.479 e. The second-order valence-electron chi connectivity index (χ2n) is 3.73. The van der Waals surface area contributed by atoms with Crippen LogP contribution in [0.2, 0.25) is 0 Å². The minimum atomic E-state index is -0.588. The number of fused-ring (bicyclic) bond motifs is 1. The van der Waals surface area contributed by atoms with Crippen molar-refractivity contribution in [3.8, 4) is 5.75 Å². The molecule has 1 unspecified atom stereocenters. The molecule has 0 aliphatic carbocycles. The molecular formula is C12H13NO4. The van der Waals surface area contributed by atoms with Gasteiger partial charge in [-0.1, -0.05) is 12.1 Å². The highest BCUT2D eigenvalue weighted by Crippen LogP contribution is 2.33. The van der Waals surface area contributed by atoms with E-state index in [1.165, 1.54) is 12.0 Å². The number of esters is 1. The average molecular weight is 235 g/mol. The van der Waals surface area contributed by atoms with Gasteiger partial charge in [-0.2, -0.15) is 0 Å². The van der Waals surface area contributed by atoms with Crippen molar-refractivity contribution in [1.29, 1.82) is 0 Å². The third-order valence-corrected chi connectivity index (χ3v) is 2.59. The zero-order valence-electron chi connectivity index (χ0n) is 9.67. The van der Waals surface area contributed by atoms with E-state index >= 15 is 0 Å². The molecule has 1 aromatic carbocycles. The number of anilines is 1. The van der Waals surface area contributed by atoms with E-state index in [9.17, 15) is 9.59 Å². The van der Waals surface area contributed by atoms with Crippen molar-refractivity contribution in [2.45, 2.75) is 13.0 Å². The van der Waals surface area contributed by atoms with Crippen LogP contribution in [-0.2, 0) is 14.3 Å². The molecule has 90 valence electrons. The Balaban J connectivity index is 2.35. The van der Waals surface area contributed by atoms with Gasteiger partial charge in [-0.25, -0.2) is 0 Å². The number of rotatable bonds is 2. The summed E-state index contributed by atoms with van der Waals surface area (Å²) in [4.78, 5) is 24.6. The van der Waals surface area contributed by atoms with Crippen LogP contribution in [0.4, 0.5) is 5.69 Å². The van der Waals surface area contributed by atoms with Crippen molar-refractivity contribution >= 4 is 17.6 Å². The normalized spacial score (nSPS) is 18.4. The lowest BCUT2D eigenvalue weighted by Crippen LogP contribution is -2.46. The van der Waals surface area contributed by atoms with Crippen LogP contribution in [0, 0.1) is 0 Å². The predicted octanol–water partition coefficient (Wildman–Crippen LogP) is 0.973. The summed E-state index contributed by atoms with van der Waals surface area (Å²) in [6.07, 6.45) is -0.588. The SMILES string of the molecule is COC(=O)CN1C(=O)C(C)Oc2ccccc21. The number of amides is 1. The fourth-order valence-electron chi connectivity index (χ4n) is 1.72. The van der Waals surface area contributed by atoms with Crippen molar-refractivity contribution in [2.75, 3.05) is 18.6 Å². The first-order chi connectivity index (χ1) is 8.13. The Bertz CT molecular complexity index is 458. The monoisotopic (exact) mass is 235 g/mol.